The summed E-state index contributed by atoms with van der Waals surface area (Å²) in [4.78, 5) is 2.58. The van der Waals surface area contributed by atoms with Crippen molar-refractivity contribution in [2.45, 2.75) is 65.3 Å². The molecule has 4 nitrogen and oxygen atoms in total. The highest BCUT2D eigenvalue weighted by Crippen LogP contribution is 2.39. The van der Waals surface area contributed by atoms with Crippen molar-refractivity contribution in [2.75, 3.05) is 13.1 Å². The highest BCUT2D eigenvalue weighted by molar-refractivity contribution is 5.07. The molecule has 1 saturated heterocycles. The second-order valence-corrected chi connectivity index (χ2v) is 8.08. The molecule has 3 rings (SSSR count). The normalized spacial score (nSPS) is 25.0. The number of rotatable bonds is 3. The zero-order valence-corrected chi connectivity index (χ0v) is 14.1. The van der Waals surface area contributed by atoms with Gasteiger partial charge in [0.1, 0.15) is 11.6 Å². The predicted octanol–water partition coefficient (Wildman–Crippen LogP) is 3.34. The molecule has 2 heterocycles. The Hall–Kier alpha value is -0.900. The van der Waals surface area contributed by atoms with Crippen LogP contribution in [0.2, 0.25) is 0 Å². The molecule has 1 aromatic heterocycles. The molecule has 1 aliphatic heterocycles. The summed E-state index contributed by atoms with van der Waals surface area (Å²) in [7, 11) is 2.14. The fraction of sp³-hybridized carbons (Fsp3) is 0.882. The van der Waals surface area contributed by atoms with Crippen molar-refractivity contribution in [3.63, 3.8) is 0 Å². The molecule has 0 radical (unpaired) electrons. The Morgan fingerprint density at radius 1 is 1.05 bits per heavy atom. The van der Waals surface area contributed by atoms with Crippen molar-refractivity contribution in [3.05, 3.63) is 11.6 Å². The average Bonchev–Trinajstić information content (AvgIpc) is 3.19. The molecule has 1 saturated carbocycles. The molecule has 0 aromatic carbocycles. The third-order valence-corrected chi connectivity index (χ3v) is 5.35. The van der Waals surface area contributed by atoms with Crippen LogP contribution in [0, 0.1) is 11.3 Å². The Bertz CT molecular complexity index is 481. The van der Waals surface area contributed by atoms with Crippen molar-refractivity contribution in [2.24, 2.45) is 18.4 Å². The van der Waals surface area contributed by atoms with Crippen LogP contribution in [0.5, 0.6) is 0 Å². The highest BCUT2D eigenvalue weighted by atomic mass is 15.3. The Morgan fingerprint density at radius 2 is 1.81 bits per heavy atom. The number of hydrogen-bond acceptors (Lipinski definition) is 3. The van der Waals surface area contributed by atoms with Crippen LogP contribution in [0.25, 0.3) is 0 Å². The first-order valence-electron chi connectivity index (χ1n) is 8.55. The van der Waals surface area contributed by atoms with E-state index in [4.69, 9.17) is 0 Å². The lowest BCUT2D eigenvalue weighted by Crippen LogP contribution is -2.27. The van der Waals surface area contributed by atoms with Crippen LogP contribution in [-0.4, -0.2) is 32.8 Å². The van der Waals surface area contributed by atoms with E-state index in [0.29, 0.717) is 11.3 Å². The Balaban J connectivity index is 1.60. The fourth-order valence-corrected chi connectivity index (χ4v) is 3.59. The largest absolute Gasteiger partial charge is 0.317 e. The van der Waals surface area contributed by atoms with Crippen molar-refractivity contribution >= 4 is 0 Å². The molecule has 1 aromatic rings. The molecule has 0 bridgehead atoms. The van der Waals surface area contributed by atoms with Gasteiger partial charge in [-0.25, -0.2) is 0 Å². The van der Waals surface area contributed by atoms with E-state index >= 15 is 0 Å². The second-order valence-electron chi connectivity index (χ2n) is 8.08. The van der Waals surface area contributed by atoms with Gasteiger partial charge in [-0.1, -0.05) is 20.8 Å². The molecule has 0 N–H and O–H groups in total. The van der Waals surface area contributed by atoms with Crippen molar-refractivity contribution in [1.29, 1.82) is 0 Å². The smallest absolute Gasteiger partial charge is 0.146 e. The van der Waals surface area contributed by atoms with Gasteiger partial charge in [0.2, 0.25) is 0 Å². The van der Waals surface area contributed by atoms with Gasteiger partial charge in [-0.15, -0.1) is 10.2 Å². The van der Waals surface area contributed by atoms with Gasteiger partial charge in [0.05, 0.1) is 6.54 Å². The van der Waals surface area contributed by atoms with Gasteiger partial charge < -0.3 is 4.57 Å². The minimum Gasteiger partial charge on any atom is -0.317 e. The van der Waals surface area contributed by atoms with E-state index in [1.54, 1.807) is 0 Å². The molecule has 4 heteroatoms. The maximum atomic E-state index is 4.44. The van der Waals surface area contributed by atoms with Gasteiger partial charge in [0.15, 0.2) is 0 Å². The lowest BCUT2D eigenvalue weighted by Gasteiger charge is -2.29. The standard InChI is InChI=1S/C17H30N4/c1-17(2,3)14-6-5-10-21(11-9-14)12-15-18-19-16(20(15)4)13-7-8-13/h13-14H,5-12H2,1-4H3. The van der Waals surface area contributed by atoms with E-state index < -0.39 is 0 Å². The predicted molar refractivity (Wildman–Crippen MR) is 85.1 cm³/mol. The molecule has 1 atom stereocenters. The number of hydrogen-bond donors (Lipinski definition) is 0. The Labute approximate surface area is 128 Å². The molecule has 2 aliphatic rings. The third kappa shape index (κ3) is 3.47. The molecule has 118 valence electrons. The molecular weight excluding hydrogens is 260 g/mol. The summed E-state index contributed by atoms with van der Waals surface area (Å²) in [6, 6.07) is 0. The topological polar surface area (TPSA) is 34.0 Å². The first kappa shape index (κ1) is 15.0. The van der Waals surface area contributed by atoms with E-state index in [1.165, 1.54) is 51.0 Å². The maximum absolute atomic E-state index is 4.44. The Morgan fingerprint density at radius 3 is 2.48 bits per heavy atom. The molecule has 21 heavy (non-hydrogen) atoms. The molecule has 0 amide bonds. The first-order chi connectivity index (χ1) is 9.95. The quantitative estimate of drug-likeness (QED) is 0.856. The van der Waals surface area contributed by atoms with Crippen LogP contribution in [0.4, 0.5) is 0 Å². The molecular formula is C17H30N4. The summed E-state index contributed by atoms with van der Waals surface area (Å²) >= 11 is 0. The van der Waals surface area contributed by atoms with Gasteiger partial charge in [-0.3, -0.25) is 4.90 Å². The summed E-state index contributed by atoms with van der Waals surface area (Å²) in [6.07, 6.45) is 6.59. The van der Waals surface area contributed by atoms with Crippen LogP contribution in [0.1, 0.15) is 70.4 Å². The third-order valence-electron chi connectivity index (χ3n) is 5.35. The van der Waals surface area contributed by atoms with Gasteiger partial charge in [-0.05, 0) is 56.5 Å². The number of nitrogens with zero attached hydrogens (tertiary/aromatic N) is 4. The van der Waals surface area contributed by atoms with Crippen LogP contribution in [0.15, 0.2) is 0 Å². The molecule has 1 aliphatic carbocycles. The maximum Gasteiger partial charge on any atom is 0.146 e. The van der Waals surface area contributed by atoms with Gasteiger partial charge in [0, 0.05) is 13.0 Å². The van der Waals surface area contributed by atoms with E-state index in [9.17, 15) is 0 Å². The van der Waals surface area contributed by atoms with Gasteiger partial charge >= 0.3 is 0 Å². The van der Waals surface area contributed by atoms with Crippen molar-refractivity contribution in [3.8, 4) is 0 Å². The highest BCUT2D eigenvalue weighted by Gasteiger charge is 2.30. The summed E-state index contributed by atoms with van der Waals surface area (Å²) in [5.41, 5.74) is 0.444. The fourth-order valence-electron chi connectivity index (χ4n) is 3.59. The van der Waals surface area contributed by atoms with Crippen LogP contribution in [0.3, 0.4) is 0 Å². The zero-order valence-electron chi connectivity index (χ0n) is 14.1. The van der Waals surface area contributed by atoms with E-state index in [1.807, 2.05) is 0 Å². The van der Waals surface area contributed by atoms with E-state index in [2.05, 4.69) is 47.5 Å². The SMILES string of the molecule is Cn1c(CN2CCCC(C(C)(C)C)CC2)nnc1C1CC1. The van der Waals surface area contributed by atoms with Gasteiger partial charge in [-0.2, -0.15) is 0 Å². The number of aromatic nitrogens is 3. The van der Waals surface area contributed by atoms with Crippen LogP contribution >= 0.6 is 0 Å². The minimum absolute atomic E-state index is 0.444. The van der Waals surface area contributed by atoms with E-state index in [0.717, 1.165) is 18.3 Å². The summed E-state index contributed by atoms with van der Waals surface area (Å²) in [6.45, 7) is 10.5. The second kappa shape index (κ2) is 5.71. The first-order valence-corrected chi connectivity index (χ1v) is 8.55. The lowest BCUT2D eigenvalue weighted by molar-refractivity contribution is 0.205. The van der Waals surface area contributed by atoms with Gasteiger partial charge in [0.25, 0.3) is 0 Å². The van der Waals surface area contributed by atoms with Crippen molar-refractivity contribution in [1.82, 2.24) is 19.7 Å². The monoisotopic (exact) mass is 290 g/mol. The summed E-state index contributed by atoms with van der Waals surface area (Å²) in [5.74, 6) is 3.88. The minimum atomic E-state index is 0.444. The summed E-state index contributed by atoms with van der Waals surface area (Å²) in [5, 5.41) is 8.85. The Kier molecular flexibility index (Phi) is 4.08. The molecule has 2 fully saturated rings. The van der Waals surface area contributed by atoms with Crippen LogP contribution in [-0.2, 0) is 13.6 Å². The molecule has 1 unspecified atom stereocenters. The summed E-state index contributed by atoms with van der Waals surface area (Å²) < 4.78 is 2.24. The number of likely N-dealkylation sites (tertiary alicyclic amines) is 1. The average molecular weight is 290 g/mol. The zero-order chi connectivity index (χ0) is 15.0. The lowest BCUT2D eigenvalue weighted by atomic mass is 9.77. The molecule has 0 spiro atoms. The van der Waals surface area contributed by atoms with Crippen LogP contribution < -0.4 is 0 Å². The van der Waals surface area contributed by atoms with Crippen molar-refractivity contribution < 1.29 is 0 Å². The van der Waals surface area contributed by atoms with E-state index in [-0.39, 0.29) is 0 Å².